The molecule has 2 nitrogen and oxygen atoms in total. The maximum Gasteiger partial charge on any atom is 0.303 e. The van der Waals surface area contributed by atoms with Crippen LogP contribution in [0.4, 0.5) is 0 Å². The van der Waals surface area contributed by atoms with Crippen molar-refractivity contribution in [1.29, 1.82) is 0 Å². The van der Waals surface area contributed by atoms with Crippen molar-refractivity contribution in [1.82, 2.24) is 0 Å². The van der Waals surface area contributed by atoms with Crippen molar-refractivity contribution in [3.05, 3.63) is 0 Å². The third kappa shape index (κ3) is 4.41. The number of carboxylic acid groups (broad SMARTS) is 1. The van der Waals surface area contributed by atoms with Crippen LogP contribution in [0.3, 0.4) is 0 Å². The minimum absolute atomic E-state index is 0.350. The molecular weight excluding hydrogens is 268 g/mol. The van der Waals surface area contributed by atoms with Crippen molar-refractivity contribution in [3.8, 4) is 0 Å². The summed E-state index contributed by atoms with van der Waals surface area (Å²) < 4.78 is 0. The molecule has 4 unspecified atom stereocenters. The van der Waals surface area contributed by atoms with E-state index in [1.165, 1.54) is 50.7 Å². The Morgan fingerprint density at radius 2 is 1.90 bits per heavy atom. The van der Waals surface area contributed by atoms with Crippen molar-refractivity contribution in [2.75, 3.05) is 5.75 Å². The lowest BCUT2D eigenvalue weighted by molar-refractivity contribution is -0.137. The highest BCUT2D eigenvalue weighted by atomic mass is 32.2. The number of unbranched alkanes of at least 4 members (excludes halogenated alkanes) is 3. The largest absolute Gasteiger partial charge is 0.481 e. The van der Waals surface area contributed by atoms with E-state index in [0.29, 0.717) is 6.42 Å². The average molecular weight is 298 g/mol. The van der Waals surface area contributed by atoms with E-state index < -0.39 is 5.97 Å². The van der Waals surface area contributed by atoms with Crippen LogP contribution >= 0.6 is 11.8 Å². The number of thioether (sulfide) groups is 1. The molecule has 0 amide bonds. The number of hydrogen-bond donors (Lipinski definition) is 1. The summed E-state index contributed by atoms with van der Waals surface area (Å²) >= 11 is 2.25. The smallest absolute Gasteiger partial charge is 0.303 e. The molecule has 2 saturated carbocycles. The van der Waals surface area contributed by atoms with E-state index >= 15 is 0 Å². The number of carboxylic acids is 1. The van der Waals surface area contributed by atoms with Crippen LogP contribution in [0.5, 0.6) is 0 Å². The molecule has 2 aliphatic carbocycles. The van der Waals surface area contributed by atoms with E-state index in [1.807, 2.05) is 0 Å². The summed E-state index contributed by atoms with van der Waals surface area (Å²) in [6.45, 7) is 2.29. The molecule has 116 valence electrons. The molecule has 0 aromatic rings. The van der Waals surface area contributed by atoms with Gasteiger partial charge in [-0.25, -0.2) is 0 Å². The van der Waals surface area contributed by atoms with Crippen molar-refractivity contribution in [3.63, 3.8) is 0 Å². The number of aliphatic carboxylic acids is 1. The van der Waals surface area contributed by atoms with E-state index in [2.05, 4.69) is 18.7 Å². The minimum Gasteiger partial charge on any atom is -0.481 e. The third-order valence-electron chi connectivity index (χ3n) is 5.20. The van der Waals surface area contributed by atoms with Crippen molar-refractivity contribution in [2.24, 2.45) is 17.8 Å². The van der Waals surface area contributed by atoms with E-state index in [4.69, 9.17) is 5.11 Å². The highest BCUT2D eigenvalue weighted by molar-refractivity contribution is 7.99. The summed E-state index contributed by atoms with van der Waals surface area (Å²) in [7, 11) is 0. The fourth-order valence-corrected chi connectivity index (χ4v) is 5.91. The van der Waals surface area contributed by atoms with Gasteiger partial charge in [0.25, 0.3) is 0 Å². The minimum atomic E-state index is -0.644. The Hall–Kier alpha value is -0.180. The maximum atomic E-state index is 10.5. The second-order valence-corrected chi connectivity index (χ2v) is 7.97. The van der Waals surface area contributed by atoms with Crippen LogP contribution in [0.1, 0.15) is 71.1 Å². The summed E-state index contributed by atoms with van der Waals surface area (Å²) in [6.07, 6.45) is 12.0. The Bertz CT molecular complexity index is 305. The second-order valence-electron chi connectivity index (χ2n) is 6.68. The molecule has 2 fully saturated rings. The second kappa shape index (κ2) is 8.31. The Morgan fingerprint density at radius 3 is 2.65 bits per heavy atom. The predicted molar refractivity (Wildman–Crippen MR) is 86.2 cm³/mol. The van der Waals surface area contributed by atoms with Gasteiger partial charge in [-0.15, -0.1) is 0 Å². The van der Waals surface area contributed by atoms with Gasteiger partial charge in [0.2, 0.25) is 0 Å². The lowest BCUT2D eigenvalue weighted by Gasteiger charge is -2.30. The van der Waals surface area contributed by atoms with Gasteiger partial charge in [0.1, 0.15) is 0 Å². The Labute approximate surface area is 128 Å². The molecule has 0 aromatic heterocycles. The van der Waals surface area contributed by atoms with Gasteiger partial charge in [0, 0.05) is 11.7 Å². The van der Waals surface area contributed by atoms with Gasteiger partial charge in [-0.05, 0) is 62.0 Å². The van der Waals surface area contributed by atoms with Gasteiger partial charge in [-0.3, -0.25) is 4.79 Å². The van der Waals surface area contributed by atoms with Gasteiger partial charge in [0.05, 0.1) is 0 Å². The van der Waals surface area contributed by atoms with E-state index in [1.54, 1.807) is 0 Å². The van der Waals surface area contributed by atoms with E-state index in [9.17, 15) is 4.79 Å². The molecule has 2 aliphatic rings. The first kappa shape index (κ1) is 16.2. The molecule has 0 radical (unpaired) electrons. The van der Waals surface area contributed by atoms with Gasteiger partial charge < -0.3 is 5.11 Å². The standard InChI is InChI=1S/C17H30O2S/c1-2-11-20-17-14-10-9-13(12-14)15(17)7-5-3-4-6-8-16(18)19/h13-15,17H,2-12H2,1H3,(H,18,19). The van der Waals surface area contributed by atoms with Crippen molar-refractivity contribution >= 4 is 17.7 Å². The molecule has 20 heavy (non-hydrogen) atoms. The van der Waals surface area contributed by atoms with Crippen molar-refractivity contribution < 1.29 is 9.90 Å². The molecule has 0 heterocycles. The maximum absolute atomic E-state index is 10.5. The molecule has 1 N–H and O–H groups in total. The van der Waals surface area contributed by atoms with Crippen LogP contribution in [-0.4, -0.2) is 22.1 Å². The van der Waals surface area contributed by atoms with Crippen LogP contribution in [0.2, 0.25) is 0 Å². The normalized spacial score (nSPS) is 31.9. The zero-order chi connectivity index (χ0) is 14.4. The molecular formula is C17H30O2S. The summed E-state index contributed by atoms with van der Waals surface area (Å²) in [5, 5.41) is 9.58. The molecule has 0 spiro atoms. The predicted octanol–water partition coefficient (Wildman–Crippen LogP) is 4.97. The first-order chi connectivity index (χ1) is 9.72. The molecule has 4 atom stereocenters. The number of rotatable bonds is 10. The summed E-state index contributed by atoms with van der Waals surface area (Å²) in [4.78, 5) is 10.5. The summed E-state index contributed by atoms with van der Waals surface area (Å²) in [6, 6.07) is 0. The van der Waals surface area contributed by atoms with Crippen LogP contribution in [0.15, 0.2) is 0 Å². The lowest BCUT2D eigenvalue weighted by atomic mass is 9.84. The topological polar surface area (TPSA) is 37.3 Å². The summed E-state index contributed by atoms with van der Waals surface area (Å²) in [5.74, 6) is 3.71. The first-order valence-corrected chi connectivity index (χ1v) is 9.60. The highest BCUT2D eigenvalue weighted by Gasteiger charge is 2.46. The highest BCUT2D eigenvalue weighted by Crippen LogP contribution is 2.54. The monoisotopic (exact) mass is 298 g/mol. The third-order valence-corrected chi connectivity index (χ3v) is 6.96. The van der Waals surface area contributed by atoms with E-state index in [-0.39, 0.29) is 0 Å². The molecule has 2 rings (SSSR count). The zero-order valence-electron chi connectivity index (χ0n) is 12.9. The SMILES string of the molecule is CCCSC1C2CCC(C2)C1CCCCCCC(=O)O. The van der Waals surface area contributed by atoms with Gasteiger partial charge >= 0.3 is 5.97 Å². The molecule has 0 saturated heterocycles. The molecule has 0 aromatic carbocycles. The number of fused-ring (bicyclic) bond motifs is 2. The summed E-state index contributed by atoms with van der Waals surface area (Å²) in [5.41, 5.74) is 0. The van der Waals surface area contributed by atoms with Crippen LogP contribution in [0, 0.1) is 17.8 Å². The Morgan fingerprint density at radius 1 is 1.15 bits per heavy atom. The quantitative estimate of drug-likeness (QED) is 0.579. The fourth-order valence-electron chi connectivity index (χ4n) is 4.28. The fraction of sp³-hybridized carbons (Fsp3) is 0.941. The first-order valence-electron chi connectivity index (χ1n) is 8.55. The lowest BCUT2D eigenvalue weighted by Crippen LogP contribution is -2.25. The van der Waals surface area contributed by atoms with E-state index in [0.717, 1.165) is 35.8 Å². The van der Waals surface area contributed by atoms with Crippen LogP contribution in [-0.2, 0) is 4.79 Å². The molecule has 3 heteroatoms. The number of hydrogen-bond acceptors (Lipinski definition) is 2. The van der Waals surface area contributed by atoms with Gasteiger partial charge in [-0.2, -0.15) is 11.8 Å². The Balaban J connectivity index is 1.64. The van der Waals surface area contributed by atoms with Gasteiger partial charge in [0.15, 0.2) is 0 Å². The number of carbonyl (C=O) groups is 1. The molecule has 2 bridgehead atoms. The zero-order valence-corrected chi connectivity index (χ0v) is 13.7. The average Bonchev–Trinajstić information content (AvgIpc) is 3.01. The van der Waals surface area contributed by atoms with Crippen LogP contribution in [0.25, 0.3) is 0 Å². The van der Waals surface area contributed by atoms with Crippen LogP contribution < -0.4 is 0 Å². The molecule has 0 aliphatic heterocycles. The Kier molecular flexibility index (Phi) is 6.73. The van der Waals surface area contributed by atoms with Gasteiger partial charge in [-0.1, -0.05) is 26.2 Å². The van der Waals surface area contributed by atoms with Crippen molar-refractivity contribution in [2.45, 2.75) is 76.4 Å².